The molecule has 0 saturated heterocycles. The second-order valence-corrected chi connectivity index (χ2v) is 3.22. The normalized spacial score (nSPS) is 28.5. The monoisotopic (exact) mass is 168 g/mol. The summed E-state index contributed by atoms with van der Waals surface area (Å²) in [5.74, 6) is 0.405. The summed E-state index contributed by atoms with van der Waals surface area (Å²) >= 11 is 0. The predicted molar refractivity (Wildman–Crippen MR) is 47.7 cm³/mol. The summed E-state index contributed by atoms with van der Waals surface area (Å²) in [5, 5.41) is 0. The van der Waals surface area contributed by atoms with Gasteiger partial charge in [-0.3, -0.25) is 4.79 Å². The third-order valence-corrected chi connectivity index (χ3v) is 2.31. The lowest BCUT2D eigenvalue weighted by molar-refractivity contribution is -0.149. The molecule has 0 amide bonds. The first-order valence-corrected chi connectivity index (χ1v) is 4.59. The summed E-state index contributed by atoms with van der Waals surface area (Å²) in [6, 6.07) is 0. The van der Waals surface area contributed by atoms with Crippen molar-refractivity contribution in [3.05, 3.63) is 12.2 Å². The Morgan fingerprint density at radius 3 is 3.00 bits per heavy atom. The van der Waals surface area contributed by atoms with Crippen LogP contribution in [0.15, 0.2) is 12.2 Å². The smallest absolute Gasteiger partial charge is 0.309 e. The van der Waals surface area contributed by atoms with Crippen molar-refractivity contribution in [2.24, 2.45) is 11.8 Å². The Hall–Kier alpha value is -0.790. The van der Waals surface area contributed by atoms with Crippen LogP contribution in [0.1, 0.15) is 26.7 Å². The zero-order chi connectivity index (χ0) is 8.97. The van der Waals surface area contributed by atoms with Crippen molar-refractivity contribution in [1.29, 1.82) is 0 Å². The third-order valence-electron chi connectivity index (χ3n) is 2.31. The molecule has 0 bridgehead atoms. The largest absolute Gasteiger partial charge is 0.466 e. The van der Waals surface area contributed by atoms with E-state index in [2.05, 4.69) is 19.1 Å². The second kappa shape index (κ2) is 4.29. The summed E-state index contributed by atoms with van der Waals surface area (Å²) in [4.78, 5) is 11.4. The molecule has 0 aromatic heterocycles. The van der Waals surface area contributed by atoms with E-state index in [0.717, 1.165) is 12.8 Å². The fraction of sp³-hybridized carbons (Fsp3) is 0.700. The Morgan fingerprint density at radius 2 is 2.42 bits per heavy atom. The minimum Gasteiger partial charge on any atom is -0.466 e. The molecule has 68 valence electrons. The Bertz CT molecular complexity index is 184. The molecular weight excluding hydrogens is 152 g/mol. The van der Waals surface area contributed by atoms with Gasteiger partial charge in [0, 0.05) is 0 Å². The van der Waals surface area contributed by atoms with Crippen LogP contribution in [0, 0.1) is 11.8 Å². The average molecular weight is 168 g/mol. The fourth-order valence-corrected chi connectivity index (χ4v) is 1.57. The van der Waals surface area contributed by atoms with E-state index in [4.69, 9.17) is 4.74 Å². The van der Waals surface area contributed by atoms with Crippen LogP contribution in [0.3, 0.4) is 0 Å². The molecule has 2 atom stereocenters. The number of ether oxygens (including phenoxy) is 1. The van der Waals surface area contributed by atoms with Gasteiger partial charge in [-0.05, 0) is 25.7 Å². The number of esters is 1. The zero-order valence-corrected chi connectivity index (χ0v) is 7.75. The zero-order valence-electron chi connectivity index (χ0n) is 7.75. The van der Waals surface area contributed by atoms with E-state index in [9.17, 15) is 4.79 Å². The minimum atomic E-state index is -0.0330. The van der Waals surface area contributed by atoms with Crippen molar-refractivity contribution in [3.8, 4) is 0 Å². The number of rotatable bonds is 2. The molecule has 0 unspecified atom stereocenters. The Morgan fingerprint density at radius 1 is 1.67 bits per heavy atom. The maximum atomic E-state index is 11.4. The van der Waals surface area contributed by atoms with E-state index >= 15 is 0 Å². The molecule has 0 saturated carbocycles. The molecule has 12 heavy (non-hydrogen) atoms. The molecule has 0 aromatic carbocycles. The molecule has 0 heterocycles. The number of allylic oxidation sites excluding steroid dienone is 2. The maximum absolute atomic E-state index is 11.4. The summed E-state index contributed by atoms with van der Waals surface area (Å²) in [5.41, 5.74) is 0. The van der Waals surface area contributed by atoms with E-state index in [1.807, 2.05) is 6.92 Å². The highest BCUT2D eigenvalue weighted by Gasteiger charge is 2.25. The standard InChI is InChI=1S/C10H16O2/c1-3-12-10(11)9-7-5-4-6-8(9)2/h4,6,8-9H,3,5,7H2,1-2H3/t8-,9+/m0/s1. The van der Waals surface area contributed by atoms with Crippen molar-refractivity contribution in [2.45, 2.75) is 26.7 Å². The van der Waals surface area contributed by atoms with Gasteiger partial charge < -0.3 is 4.74 Å². The van der Waals surface area contributed by atoms with Gasteiger partial charge in [0.25, 0.3) is 0 Å². The van der Waals surface area contributed by atoms with Gasteiger partial charge in [-0.25, -0.2) is 0 Å². The van der Waals surface area contributed by atoms with E-state index in [1.165, 1.54) is 0 Å². The average Bonchev–Trinajstić information content (AvgIpc) is 2.05. The second-order valence-electron chi connectivity index (χ2n) is 3.22. The predicted octanol–water partition coefficient (Wildman–Crippen LogP) is 2.15. The molecular formula is C10H16O2. The van der Waals surface area contributed by atoms with Crippen LogP contribution in [0.25, 0.3) is 0 Å². The highest BCUT2D eigenvalue weighted by molar-refractivity contribution is 5.73. The van der Waals surface area contributed by atoms with E-state index in [1.54, 1.807) is 0 Å². The Kier molecular flexibility index (Phi) is 3.32. The number of carbonyl (C=O) groups excluding carboxylic acids is 1. The van der Waals surface area contributed by atoms with E-state index in [-0.39, 0.29) is 11.9 Å². The van der Waals surface area contributed by atoms with Gasteiger partial charge in [0.2, 0.25) is 0 Å². The van der Waals surface area contributed by atoms with Crippen LogP contribution in [0.5, 0.6) is 0 Å². The van der Waals surface area contributed by atoms with Gasteiger partial charge in [0.15, 0.2) is 0 Å². The number of carbonyl (C=O) groups is 1. The maximum Gasteiger partial charge on any atom is 0.309 e. The SMILES string of the molecule is CCOC(=O)[C@@H]1CCC=C[C@@H]1C. The van der Waals surface area contributed by atoms with Crippen LogP contribution in [-0.2, 0) is 9.53 Å². The van der Waals surface area contributed by atoms with Crippen LogP contribution < -0.4 is 0 Å². The molecule has 0 N–H and O–H groups in total. The van der Waals surface area contributed by atoms with Gasteiger partial charge in [-0.2, -0.15) is 0 Å². The van der Waals surface area contributed by atoms with Crippen molar-refractivity contribution < 1.29 is 9.53 Å². The van der Waals surface area contributed by atoms with Crippen molar-refractivity contribution >= 4 is 5.97 Å². The number of hydrogen-bond donors (Lipinski definition) is 0. The topological polar surface area (TPSA) is 26.3 Å². The molecule has 1 rings (SSSR count). The molecule has 0 aliphatic heterocycles. The summed E-state index contributed by atoms with van der Waals surface area (Å²) in [7, 11) is 0. The summed E-state index contributed by atoms with van der Waals surface area (Å²) in [6.45, 7) is 4.41. The van der Waals surface area contributed by atoms with Crippen molar-refractivity contribution in [1.82, 2.24) is 0 Å². The molecule has 0 radical (unpaired) electrons. The van der Waals surface area contributed by atoms with Gasteiger partial charge in [0.1, 0.15) is 0 Å². The highest BCUT2D eigenvalue weighted by Crippen LogP contribution is 2.25. The van der Waals surface area contributed by atoms with Gasteiger partial charge in [0.05, 0.1) is 12.5 Å². The first-order valence-electron chi connectivity index (χ1n) is 4.59. The quantitative estimate of drug-likeness (QED) is 0.466. The summed E-state index contributed by atoms with van der Waals surface area (Å²) in [6.07, 6.45) is 6.19. The van der Waals surface area contributed by atoms with Crippen molar-refractivity contribution in [2.75, 3.05) is 6.61 Å². The fourth-order valence-electron chi connectivity index (χ4n) is 1.57. The lowest BCUT2D eigenvalue weighted by atomic mass is 9.85. The highest BCUT2D eigenvalue weighted by atomic mass is 16.5. The van der Waals surface area contributed by atoms with Crippen LogP contribution in [0.2, 0.25) is 0 Å². The first-order chi connectivity index (χ1) is 5.75. The third kappa shape index (κ3) is 2.10. The minimum absolute atomic E-state index is 0.0330. The van der Waals surface area contributed by atoms with Crippen LogP contribution >= 0.6 is 0 Å². The van der Waals surface area contributed by atoms with Crippen LogP contribution in [0.4, 0.5) is 0 Å². The molecule has 0 aromatic rings. The molecule has 0 spiro atoms. The number of hydrogen-bond acceptors (Lipinski definition) is 2. The molecule has 1 aliphatic rings. The van der Waals surface area contributed by atoms with Crippen LogP contribution in [-0.4, -0.2) is 12.6 Å². The lowest BCUT2D eigenvalue weighted by Gasteiger charge is -2.22. The Labute approximate surface area is 73.6 Å². The van der Waals surface area contributed by atoms with E-state index < -0.39 is 0 Å². The molecule has 0 fully saturated rings. The van der Waals surface area contributed by atoms with Gasteiger partial charge >= 0.3 is 5.97 Å². The molecule has 2 nitrogen and oxygen atoms in total. The van der Waals surface area contributed by atoms with Gasteiger partial charge in [-0.15, -0.1) is 0 Å². The first kappa shape index (κ1) is 9.30. The molecule has 1 aliphatic carbocycles. The van der Waals surface area contributed by atoms with E-state index in [0.29, 0.717) is 12.5 Å². The van der Waals surface area contributed by atoms with Crippen molar-refractivity contribution in [3.63, 3.8) is 0 Å². The van der Waals surface area contributed by atoms with Gasteiger partial charge in [-0.1, -0.05) is 19.1 Å². The lowest BCUT2D eigenvalue weighted by Crippen LogP contribution is -2.24. The summed E-state index contributed by atoms with van der Waals surface area (Å²) < 4.78 is 4.98. The molecule has 2 heteroatoms. The Balaban J connectivity index is 2.50.